The van der Waals surface area contributed by atoms with E-state index in [-0.39, 0.29) is 11.9 Å². The molecule has 0 spiro atoms. The summed E-state index contributed by atoms with van der Waals surface area (Å²) in [7, 11) is 0. The summed E-state index contributed by atoms with van der Waals surface area (Å²) in [5.74, 6) is 0.718. The Bertz CT molecular complexity index is 762. The van der Waals surface area contributed by atoms with Gasteiger partial charge in [-0.2, -0.15) is 0 Å². The summed E-state index contributed by atoms with van der Waals surface area (Å²) >= 11 is 7.63. The minimum absolute atomic E-state index is 0.0203. The molecule has 0 radical (unpaired) electrons. The number of amides is 1. The smallest absolute Gasteiger partial charge is 0.263 e. The van der Waals surface area contributed by atoms with Gasteiger partial charge in [-0.05, 0) is 63.8 Å². The number of carbonyl (C=O) groups excluding carboxylic acids is 1. The lowest BCUT2D eigenvalue weighted by Gasteiger charge is -2.36. The minimum atomic E-state index is -0.540. The van der Waals surface area contributed by atoms with Crippen molar-refractivity contribution in [2.75, 3.05) is 6.54 Å². The molecule has 0 N–H and O–H groups in total. The number of ether oxygens (including phenoxy) is 1. The second-order valence-electron chi connectivity index (χ2n) is 6.54. The van der Waals surface area contributed by atoms with Crippen LogP contribution in [0.3, 0.4) is 0 Å². The molecule has 2 aromatic rings. The number of aromatic nitrogens is 1. The van der Waals surface area contributed by atoms with Gasteiger partial charge < -0.3 is 9.64 Å². The molecule has 4 nitrogen and oxygen atoms in total. The number of aryl methyl sites for hydroxylation is 2. The van der Waals surface area contributed by atoms with Gasteiger partial charge >= 0.3 is 0 Å². The third-order valence-corrected chi connectivity index (χ3v) is 5.80. The summed E-state index contributed by atoms with van der Waals surface area (Å²) < 4.78 is 5.94. The van der Waals surface area contributed by atoms with Crippen LogP contribution in [0.1, 0.15) is 48.5 Å². The van der Waals surface area contributed by atoms with Gasteiger partial charge in [0.2, 0.25) is 0 Å². The fraction of sp³-hybridized carbons (Fsp3) is 0.474. The maximum atomic E-state index is 13.0. The number of hydrogen-bond donors (Lipinski definition) is 0. The summed E-state index contributed by atoms with van der Waals surface area (Å²) in [6, 6.07) is 5.51. The molecule has 1 aromatic heterocycles. The molecule has 1 saturated heterocycles. The molecular weight excluding hydrogens is 356 g/mol. The van der Waals surface area contributed by atoms with Gasteiger partial charge in [-0.3, -0.25) is 4.79 Å². The Labute approximate surface area is 157 Å². The summed E-state index contributed by atoms with van der Waals surface area (Å²) in [4.78, 5) is 19.6. The number of likely N-dealkylation sites (tertiary alicyclic amines) is 1. The Morgan fingerprint density at radius 2 is 2.20 bits per heavy atom. The molecule has 0 bridgehead atoms. The average molecular weight is 379 g/mol. The SMILES string of the molecule is Cc1csc([C@@H]2CCCCN2C(=O)[C@H](C)Oc2ccc(Cl)cc2C)n1. The van der Waals surface area contributed by atoms with Crippen LogP contribution in [0.15, 0.2) is 23.6 Å². The number of halogens is 1. The Balaban J connectivity index is 1.75. The molecule has 25 heavy (non-hydrogen) atoms. The number of nitrogens with zero attached hydrogens (tertiary/aromatic N) is 2. The van der Waals surface area contributed by atoms with Crippen LogP contribution >= 0.6 is 22.9 Å². The molecule has 1 amide bonds. The van der Waals surface area contributed by atoms with Gasteiger partial charge in [-0.1, -0.05) is 11.6 Å². The van der Waals surface area contributed by atoms with Crippen LogP contribution in [0.25, 0.3) is 0 Å². The second kappa shape index (κ2) is 7.75. The summed E-state index contributed by atoms with van der Waals surface area (Å²) in [6.07, 6.45) is 2.57. The van der Waals surface area contributed by atoms with E-state index in [0.29, 0.717) is 10.8 Å². The molecule has 1 aromatic carbocycles. The highest BCUT2D eigenvalue weighted by Crippen LogP contribution is 2.33. The topological polar surface area (TPSA) is 42.4 Å². The molecule has 0 aliphatic carbocycles. The second-order valence-corrected chi connectivity index (χ2v) is 7.87. The minimum Gasteiger partial charge on any atom is -0.481 e. The predicted octanol–water partition coefficient (Wildman–Crippen LogP) is 4.93. The quantitative estimate of drug-likeness (QED) is 0.757. The molecule has 3 rings (SSSR count). The first-order valence-electron chi connectivity index (χ1n) is 8.61. The molecule has 134 valence electrons. The molecule has 6 heteroatoms. The standard InChI is InChI=1S/C19H23ClN2O2S/c1-12-10-15(20)7-8-17(12)24-14(3)19(23)22-9-5-4-6-16(22)18-21-13(2)11-25-18/h7-8,10-11,14,16H,4-6,9H2,1-3H3/t14-,16-/m0/s1. The largest absolute Gasteiger partial charge is 0.481 e. The maximum absolute atomic E-state index is 13.0. The van der Waals surface area contributed by atoms with Crippen LogP contribution in [0.5, 0.6) is 5.75 Å². The van der Waals surface area contributed by atoms with Crippen molar-refractivity contribution >= 4 is 28.8 Å². The molecule has 2 atom stereocenters. The molecule has 0 saturated carbocycles. The zero-order chi connectivity index (χ0) is 18.0. The van der Waals surface area contributed by atoms with E-state index >= 15 is 0 Å². The zero-order valence-corrected chi connectivity index (χ0v) is 16.4. The predicted molar refractivity (Wildman–Crippen MR) is 101 cm³/mol. The third-order valence-electron chi connectivity index (χ3n) is 4.50. The lowest BCUT2D eigenvalue weighted by atomic mass is 10.0. The first-order chi connectivity index (χ1) is 12.0. The van der Waals surface area contributed by atoms with E-state index < -0.39 is 6.10 Å². The maximum Gasteiger partial charge on any atom is 0.263 e. The fourth-order valence-electron chi connectivity index (χ4n) is 3.20. The normalized spacial score (nSPS) is 18.9. The average Bonchev–Trinajstić information content (AvgIpc) is 3.03. The van der Waals surface area contributed by atoms with E-state index in [1.807, 2.05) is 43.2 Å². The highest BCUT2D eigenvalue weighted by molar-refractivity contribution is 7.09. The van der Waals surface area contributed by atoms with Crippen LogP contribution in [-0.4, -0.2) is 28.4 Å². The van der Waals surface area contributed by atoms with Gasteiger partial charge in [-0.15, -0.1) is 11.3 Å². The highest BCUT2D eigenvalue weighted by Gasteiger charge is 2.33. The van der Waals surface area contributed by atoms with Crippen LogP contribution < -0.4 is 4.74 Å². The Kier molecular flexibility index (Phi) is 5.64. The highest BCUT2D eigenvalue weighted by atomic mass is 35.5. The molecular formula is C19H23ClN2O2S. The van der Waals surface area contributed by atoms with Crippen molar-refractivity contribution in [2.24, 2.45) is 0 Å². The first kappa shape index (κ1) is 18.2. The van der Waals surface area contributed by atoms with Crippen LogP contribution in [0.4, 0.5) is 0 Å². The lowest BCUT2D eigenvalue weighted by Crippen LogP contribution is -2.45. The van der Waals surface area contributed by atoms with E-state index in [0.717, 1.165) is 42.1 Å². The van der Waals surface area contributed by atoms with E-state index in [2.05, 4.69) is 4.98 Å². The summed E-state index contributed by atoms with van der Waals surface area (Å²) in [5.41, 5.74) is 1.94. The van der Waals surface area contributed by atoms with E-state index in [1.54, 1.807) is 17.4 Å². The van der Waals surface area contributed by atoms with E-state index in [9.17, 15) is 4.79 Å². The van der Waals surface area contributed by atoms with Crippen molar-refractivity contribution in [3.05, 3.63) is 44.9 Å². The van der Waals surface area contributed by atoms with Crippen molar-refractivity contribution in [1.29, 1.82) is 0 Å². The third kappa shape index (κ3) is 4.15. The van der Waals surface area contributed by atoms with Crippen molar-refractivity contribution in [3.63, 3.8) is 0 Å². The number of benzene rings is 1. The van der Waals surface area contributed by atoms with Crippen molar-refractivity contribution < 1.29 is 9.53 Å². The number of piperidine rings is 1. The Morgan fingerprint density at radius 1 is 1.40 bits per heavy atom. The molecule has 0 unspecified atom stereocenters. The van der Waals surface area contributed by atoms with Gasteiger partial charge in [0.05, 0.1) is 6.04 Å². The molecule has 1 aliphatic rings. The monoisotopic (exact) mass is 378 g/mol. The van der Waals surface area contributed by atoms with Gasteiger partial charge in [0.15, 0.2) is 6.10 Å². The van der Waals surface area contributed by atoms with Crippen LogP contribution in [-0.2, 0) is 4.79 Å². The van der Waals surface area contributed by atoms with Crippen LogP contribution in [0.2, 0.25) is 5.02 Å². The number of thiazole rings is 1. The van der Waals surface area contributed by atoms with Crippen molar-refractivity contribution in [2.45, 2.75) is 52.2 Å². The number of rotatable bonds is 4. The van der Waals surface area contributed by atoms with Gasteiger partial charge in [-0.25, -0.2) is 4.98 Å². The first-order valence-corrected chi connectivity index (χ1v) is 9.87. The van der Waals surface area contributed by atoms with Gasteiger partial charge in [0.1, 0.15) is 10.8 Å². The van der Waals surface area contributed by atoms with E-state index in [4.69, 9.17) is 16.3 Å². The van der Waals surface area contributed by atoms with Crippen molar-refractivity contribution in [1.82, 2.24) is 9.88 Å². The molecule has 1 aliphatic heterocycles. The van der Waals surface area contributed by atoms with Gasteiger partial charge in [0.25, 0.3) is 5.91 Å². The summed E-state index contributed by atoms with van der Waals surface area (Å²) in [5, 5.41) is 3.74. The molecule has 2 heterocycles. The fourth-order valence-corrected chi connectivity index (χ4v) is 4.37. The van der Waals surface area contributed by atoms with Gasteiger partial charge in [0, 0.05) is 22.6 Å². The lowest BCUT2D eigenvalue weighted by molar-refractivity contribution is -0.142. The molecule has 1 fully saturated rings. The van der Waals surface area contributed by atoms with Crippen molar-refractivity contribution in [3.8, 4) is 5.75 Å². The number of carbonyl (C=O) groups is 1. The summed E-state index contributed by atoms with van der Waals surface area (Å²) in [6.45, 7) is 6.50. The Morgan fingerprint density at radius 3 is 2.88 bits per heavy atom. The number of hydrogen-bond acceptors (Lipinski definition) is 4. The van der Waals surface area contributed by atoms with E-state index in [1.165, 1.54) is 0 Å². The zero-order valence-electron chi connectivity index (χ0n) is 14.8. The van der Waals surface area contributed by atoms with Crippen LogP contribution in [0, 0.1) is 13.8 Å². The Hall–Kier alpha value is -1.59.